The van der Waals surface area contributed by atoms with Crippen molar-refractivity contribution in [2.24, 2.45) is 11.8 Å². The van der Waals surface area contributed by atoms with Crippen LogP contribution in [0.4, 0.5) is 22.7 Å². The minimum Gasteiger partial charge on any atom is -0.458 e. The summed E-state index contributed by atoms with van der Waals surface area (Å²) in [5.41, 5.74) is 28.2. The van der Waals surface area contributed by atoms with Gasteiger partial charge < -0.3 is 51.4 Å². The average molecular weight is 999 g/mol. The first-order chi connectivity index (χ1) is 35.4. The molecule has 0 amide bonds. The fraction of sp³-hybridized carbons (Fsp3) is 0.390. The number of carbonyl (C=O) groups excluding carboxylic acids is 4. The van der Waals surface area contributed by atoms with Gasteiger partial charge in [-0.05, 0) is 174 Å². The minimum absolute atomic E-state index is 0.0404. The zero-order valence-corrected chi connectivity index (χ0v) is 42.1. The first-order valence-corrected chi connectivity index (χ1v) is 25.4. The van der Waals surface area contributed by atoms with E-state index >= 15 is 0 Å². The lowest BCUT2D eigenvalue weighted by Crippen LogP contribution is -2.29. The van der Waals surface area contributed by atoms with Crippen molar-refractivity contribution in [3.05, 3.63) is 145 Å². The van der Waals surface area contributed by atoms with E-state index in [2.05, 4.69) is 13.2 Å². The summed E-state index contributed by atoms with van der Waals surface area (Å²) in [5.74, 6) is -0.627. The highest BCUT2D eigenvalue weighted by atomic mass is 16.5. The van der Waals surface area contributed by atoms with Crippen LogP contribution in [0.1, 0.15) is 119 Å². The molecule has 0 bridgehead atoms. The van der Waals surface area contributed by atoms with Gasteiger partial charge in [0, 0.05) is 59.2 Å². The molecule has 390 valence electrons. The molecule has 0 spiro atoms. The third kappa shape index (κ3) is 21.2. The summed E-state index contributed by atoms with van der Waals surface area (Å²) in [6, 6.07) is 24.1. The topological polar surface area (TPSA) is 228 Å². The van der Waals surface area contributed by atoms with Gasteiger partial charge in [0.2, 0.25) is 0 Å². The summed E-state index contributed by atoms with van der Waals surface area (Å²) in [6.45, 7) is 9.10. The van der Waals surface area contributed by atoms with E-state index < -0.39 is 11.9 Å². The molecular formula is C59H74N4O10. The Hall–Kier alpha value is -7.16. The highest BCUT2D eigenvalue weighted by Crippen LogP contribution is 2.30. The number of nitrogen functional groups attached to an aromatic ring is 4. The zero-order chi connectivity index (χ0) is 52.2. The first-order valence-electron chi connectivity index (χ1n) is 25.4. The second kappa shape index (κ2) is 31.3. The van der Waals surface area contributed by atoms with Crippen molar-refractivity contribution in [1.29, 1.82) is 0 Å². The van der Waals surface area contributed by atoms with Crippen LogP contribution in [-0.2, 0) is 51.3 Å². The third-order valence-electron chi connectivity index (χ3n) is 12.7. The molecule has 8 N–H and O–H groups in total. The molecule has 0 saturated heterocycles. The quantitative estimate of drug-likeness (QED) is 0.0121. The van der Waals surface area contributed by atoms with Crippen LogP contribution in [0.3, 0.4) is 0 Å². The van der Waals surface area contributed by atoms with Gasteiger partial charge in [0.25, 0.3) is 0 Å². The number of unbranched alkanes of at least 4 members (excludes halogenated alkanes) is 5. The fourth-order valence-electron chi connectivity index (χ4n) is 8.31. The van der Waals surface area contributed by atoms with Crippen molar-refractivity contribution in [1.82, 2.24) is 0 Å². The number of benzene rings is 4. The van der Waals surface area contributed by atoms with Crippen molar-refractivity contribution in [2.45, 2.75) is 122 Å². The van der Waals surface area contributed by atoms with Crippen LogP contribution < -0.4 is 32.4 Å². The van der Waals surface area contributed by atoms with E-state index in [4.69, 9.17) is 51.4 Å². The summed E-state index contributed by atoms with van der Waals surface area (Å²) in [5, 5.41) is 0. The molecule has 0 aliphatic heterocycles. The second-order valence-electron chi connectivity index (χ2n) is 18.4. The maximum atomic E-state index is 12.6. The van der Waals surface area contributed by atoms with Gasteiger partial charge in [-0.25, -0.2) is 9.59 Å². The molecule has 0 radical (unpaired) electrons. The summed E-state index contributed by atoms with van der Waals surface area (Å²) in [7, 11) is 0. The molecule has 6 rings (SSSR count). The maximum Gasteiger partial charge on any atom is 0.331 e. The summed E-state index contributed by atoms with van der Waals surface area (Å²) in [4.78, 5) is 49.3. The average Bonchev–Trinajstić information content (AvgIpc) is 3.40. The highest BCUT2D eigenvalue weighted by Gasteiger charge is 2.29. The lowest BCUT2D eigenvalue weighted by molar-refractivity contribution is -0.142. The SMILES string of the molecule is C=CCCCCCOC1CCC(C(=O)Oc2ccc(/C=C/C(=O)OCc3cc(N)ccc3N)cc2)CC1.C=CCCCCOC1CCC(C(=O)Oc2ccc(/C=C/C(=O)OCc3cc(N)ccc3N)cc2)CC1. The molecule has 4 aromatic rings. The van der Waals surface area contributed by atoms with Gasteiger partial charge in [0.1, 0.15) is 24.7 Å². The van der Waals surface area contributed by atoms with E-state index in [1.807, 2.05) is 12.2 Å². The summed E-state index contributed by atoms with van der Waals surface area (Å²) >= 11 is 0. The normalized spacial score (nSPS) is 17.5. The van der Waals surface area contributed by atoms with Crippen LogP contribution in [-0.4, -0.2) is 49.3 Å². The van der Waals surface area contributed by atoms with Gasteiger partial charge >= 0.3 is 23.9 Å². The molecule has 0 atom stereocenters. The van der Waals surface area contributed by atoms with Crippen molar-refractivity contribution in [2.75, 3.05) is 36.1 Å². The van der Waals surface area contributed by atoms with Gasteiger partial charge in [0.15, 0.2) is 0 Å². The number of ether oxygens (including phenoxy) is 6. The Morgan fingerprint density at radius 1 is 0.493 bits per heavy atom. The van der Waals surface area contributed by atoms with Crippen molar-refractivity contribution in [3.63, 3.8) is 0 Å². The molecule has 14 heteroatoms. The Morgan fingerprint density at radius 2 is 0.877 bits per heavy atom. The van der Waals surface area contributed by atoms with E-state index in [9.17, 15) is 19.2 Å². The minimum atomic E-state index is -0.497. The van der Waals surface area contributed by atoms with Crippen LogP contribution in [0.15, 0.2) is 122 Å². The van der Waals surface area contributed by atoms with Crippen molar-refractivity contribution < 1.29 is 47.6 Å². The number of hydrogen-bond donors (Lipinski definition) is 4. The standard InChI is InChI=1S/C30H38N2O5.C29H36N2O5/c1-2-3-4-5-6-19-35-26-15-10-23(11-16-26)30(34)37-27-13-7-22(8-14-27)9-18-29(33)36-21-24-20-25(31)12-17-28(24)32;1-2-3-4-5-18-34-25-14-9-22(10-15-25)29(33)36-26-12-6-21(7-13-26)8-17-28(32)35-20-23-19-24(30)11-16-27(23)31/h2,7-9,12-14,17-18,20,23,26H,1,3-6,10-11,15-16,19,21,31-32H2;2,6-8,11-13,16-17,19,22,25H,1,3-5,9-10,14-15,18,20,30-31H2/b18-9+;17-8+. The van der Waals surface area contributed by atoms with Gasteiger partial charge in [-0.3, -0.25) is 9.59 Å². The monoisotopic (exact) mass is 999 g/mol. The Morgan fingerprint density at radius 3 is 1.27 bits per heavy atom. The maximum absolute atomic E-state index is 12.6. The highest BCUT2D eigenvalue weighted by molar-refractivity contribution is 5.88. The van der Waals surface area contributed by atoms with Crippen LogP contribution in [0, 0.1) is 11.8 Å². The van der Waals surface area contributed by atoms with Crippen LogP contribution in [0.2, 0.25) is 0 Å². The third-order valence-corrected chi connectivity index (χ3v) is 12.7. The Balaban J connectivity index is 0.000000271. The predicted octanol–water partition coefficient (Wildman–Crippen LogP) is 11.3. The van der Waals surface area contributed by atoms with E-state index in [0.29, 0.717) is 45.4 Å². The van der Waals surface area contributed by atoms with E-state index in [-0.39, 0.29) is 49.2 Å². The summed E-state index contributed by atoms with van der Waals surface area (Å²) < 4.78 is 33.6. The number of allylic oxidation sites excluding steroid dienone is 2. The number of carbonyl (C=O) groups is 4. The molecule has 0 aromatic heterocycles. The molecule has 0 heterocycles. The van der Waals surface area contributed by atoms with E-state index in [1.54, 1.807) is 97.1 Å². The van der Waals surface area contributed by atoms with Gasteiger partial charge in [-0.2, -0.15) is 0 Å². The zero-order valence-electron chi connectivity index (χ0n) is 42.1. The second-order valence-corrected chi connectivity index (χ2v) is 18.4. The molecule has 2 aliphatic rings. The van der Waals surface area contributed by atoms with Crippen LogP contribution in [0.5, 0.6) is 11.5 Å². The molecule has 14 nitrogen and oxygen atoms in total. The molecular weight excluding hydrogens is 925 g/mol. The van der Waals surface area contributed by atoms with Crippen molar-refractivity contribution >= 4 is 58.8 Å². The lowest BCUT2D eigenvalue weighted by atomic mass is 9.87. The molecule has 2 fully saturated rings. The Labute approximate surface area is 430 Å². The lowest BCUT2D eigenvalue weighted by Gasteiger charge is -2.27. The molecule has 0 unspecified atom stereocenters. The number of anilines is 4. The fourth-order valence-corrected chi connectivity index (χ4v) is 8.31. The molecule has 4 aromatic carbocycles. The number of rotatable bonds is 25. The first kappa shape index (κ1) is 56.8. The summed E-state index contributed by atoms with van der Waals surface area (Å²) in [6.07, 6.45) is 24.6. The van der Waals surface area contributed by atoms with Crippen LogP contribution in [0.25, 0.3) is 12.2 Å². The largest absolute Gasteiger partial charge is 0.458 e. The number of esters is 4. The van der Waals surface area contributed by atoms with Gasteiger partial charge in [-0.1, -0.05) is 42.8 Å². The molecule has 2 aliphatic carbocycles. The number of nitrogens with two attached hydrogens (primary N) is 4. The molecule has 2 saturated carbocycles. The smallest absolute Gasteiger partial charge is 0.331 e. The van der Waals surface area contributed by atoms with Crippen LogP contribution >= 0.6 is 0 Å². The number of hydrogen-bond acceptors (Lipinski definition) is 14. The molecule has 73 heavy (non-hydrogen) atoms. The predicted molar refractivity (Wildman–Crippen MR) is 288 cm³/mol. The van der Waals surface area contributed by atoms with E-state index in [0.717, 1.165) is 121 Å². The van der Waals surface area contributed by atoms with Gasteiger partial charge in [-0.15, -0.1) is 13.2 Å². The van der Waals surface area contributed by atoms with Gasteiger partial charge in [0.05, 0.1) is 24.0 Å². The Kier molecular flexibility index (Phi) is 24.4. The Bertz CT molecular complexity index is 2440. The van der Waals surface area contributed by atoms with Crippen molar-refractivity contribution in [3.8, 4) is 11.5 Å². The van der Waals surface area contributed by atoms with E-state index in [1.165, 1.54) is 12.2 Å².